The number of H-pyrrole nitrogens is 1. The van der Waals surface area contributed by atoms with Gasteiger partial charge in [0.1, 0.15) is 5.75 Å². The number of anilines is 3. The van der Waals surface area contributed by atoms with Crippen LogP contribution in [0.2, 0.25) is 10.0 Å². The predicted octanol–water partition coefficient (Wildman–Crippen LogP) is 4.60. The highest BCUT2D eigenvalue weighted by Gasteiger charge is 2.11. The summed E-state index contributed by atoms with van der Waals surface area (Å²) in [7, 11) is 1.63. The molecule has 0 amide bonds. The molecule has 4 N–H and O–H groups in total. The molecule has 2 aromatic carbocycles. The van der Waals surface area contributed by atoms with Crippen molar-refractivity contribution in [2.45, 2.75) is 9.79 Å². The molecule has 3 aromatic rings. The van der Waals surface area contributed by atoms with Crippen LogP contribution in [-0.2, 0) is 0 Å². The fraction of sp³-hybridized carbons (Fsp3) is 0.0667. The lowest BCUT2D eigenvalue weighted by atomic mass is 10.3. The molecule has 0 saturated heterocycles. The minimum absolute atomic E-state index is 0.223. The maximum Gasteiger partial charge on any atom is 0.248 e. The highest BCUT2D eigenvalue weighted by molar-refractivity contribution is 7.99. The van der Waals surface area contributed by atoms with Crippen molar-refractivity contribution in [1.82, 2.24) is 15.2 Å². The second-order valence-corrected chi connectivity index (χ2v) is 6.61. The van der Waals surface area contributed by atoms with Gasteiger partial charge in [0.2, 0.25) is 11.9 Å². The van der Waals surface area contributed by atoms with Gasteiger partial charge in [-0.25, -0.2) is 5.10 Å². The first-order valence-electron chi connectivity index (χ1n) is 6.81. The van der Waals surface area contributed by atoms with Crippen molar-refractivity contribution in [2.75, 3.05) is 18.2 Å². The van der Waals surface area contributed by atoms with Crippen LogP contribution in [-0.4, -0.2) is 22.3 Å². The molecule has 1 heterocycles. The Morgan fingerprint density at radius 2 is 1.83 bits per heavy atom. The van der Waals surface area contributed by atoms with Gasteiger partial charge < -0.3 is 15.8 Å². The third-order valence-electron chi connectivity index (χ3n) is 3.04. The Kier molecular flexibility index (Phi) is 5.03. The topological polar surface area (TPSA) is 88.8 Å². The van der Waals surface area contributed by atoms with Crippen molar-refractivity contribution < 1.29 is 4.74 Å². The van der Waals surface area contributed by atoms with Crippen LogP contribution in [0.3, 0.4) is 0 Å². The Hall–Kier alpha value is -2.09. The zero-order valence-electron chi connectivity index (χ0n) is 12.5. The summed E-state index contributed by atoms with van der Waals surface area (Å²) in [4.78, 5) is 5.74. The Labute approximate surface area is 152 Å². The van der Waals surface area contributed by atoms with Crippen molar-refractivity contribution in [3.63, 3.8) is 0 Å². The van der Waals surface area contributed by atoms with Crippen LogP contribution < -0.4 is 15.8 Å². The van der Waals surface area contributed by atoms with Gasteiger partial charge in [0.25, 0.3) is 0 Å². The van der Waals surface area contributed by atoms with Crippen LogP contribution in [0.4, 0.5) is 17.6 Å². The number of aromatic nitrogens is 3. The first-order valence-corrected chi connectivity index (χ1v) is 8.38. The molecule has 0 atom stereocenters. The molecule has 0 unspecified atom stereocenters. The molecule has 0 aliphatic carbocycles. The summed E-state index contributed by atoms with van der Waals surface area (Å²) < 4.78 is 5.15. The summed E-state index contributed by atoms with van der Waals surface area (Å²) in [6.07, 6.45) is 0. The van der Waals surface area contributed by atoms with Gasteiger partial charge in [0.05, 0.1) is 17.2 Å². The van der Waals surface area contributed by atoms with E-state index in [0.717, 1.165) is 15.5 Å². The van der Waals surface area contributed by atoms with Gasteiger partial charge in [-0.1, -0.05) is 35.0 Å². The summed E-state index contributed by atoms with van der Waals surface area (Å²) >= 11 is 14.2. The number of ether oxygens (including phenoxy) is 1. The van der Waals surface area contributed by atoms with E-state index in [1.807, 2.05) is 24.3 Å². The number of nitrogens with one attached hydrogen (secondary N) is 2. The van der Waals surface area contributed by atoms with Crippen molar-refractivity contribution in [3.05, 3.63) is 46.4 Å². The Morgan fingerprint density at radius 3 is 2.38 bits per heavy atom. The lowest BCUT2D eigenvalue weighted by molar-refractivity contribution is 0.414. The molecule has 124 valence electrons. The molecule has 0 spiro atoms. The number of hydrogen-bond acceptors (Lipinski definition) is 6. The standard InChI is InChI=1S/C15H13Cl2N5OS/c1-23-9-2-4-10(5-3-9)24-13-11(16)6-8(7-12(13)17)19-15-20-14(18)21-22-15/h2-7H,1H3,(H4,18,19,20,21,22). The van der Waals surface area contributed by atoms with E-state index >= 15 is 0 Å². The average molecular weight is 382 g/mol. The zero-order valence-corrected chi connectivity index (χ0v) is 14.8. The molecule has 0 saturated carbocycles. The van der Waals surface area contributed by atoms with Gasteiger partial charge in [-0.2, -0.15) is 4.98 Å². The summed E-state index contributed by atoms with van der Waals surface area (Å²) in [5.41, 5.74) is 6.16. The van der Waals surface area contributed by atoms with Crippen molar-refractivity contribution >= 4 is 52.5 Å². The fourth-order valence-electron chi connectivity index (χ4n) is 1.95. The first-order chi connectivity index (χ1) is 11.5. The number of benzene rings is 2. The molecule has 0 aliphatic rings. The van der Waals surface area contributed by atoms with Crippen LogP contribution in [0, 0.1) is 0 Å². The molecule has 6 nitrogen and oxygen atoms in total. The number of methoxy groups -OCH3 is 1. The number of rotatable bonds is 5. The number of aromatic amines is 1. The molecule has 3 rings (SSSR count). The van der Waals surface area contributed by atoms with E-state index in [1.54, 1.807) is 19.2 Å². The van der Waals surface area contributed by atoms with Crippen molar-refractivity contribution in [3.8, 4) is 5.75 Å². The van der Waals surface area contributed by atoms with E-state index in [2.05, 4.69) is 20.5 Å². The predicted molar refractivity (Wildman–Crippen MR) is 97.7 cm³/mol. The van der Waals surface area contributed by atoms with Gasteiger partial charge in [-0.05, 0) is 36.4 Å². The lowest BCUT2D eigenvalue weighted by Gasteiger charge is -2.10. The largest absolute Gasteiger partial charge is 0.497 e. The van der Waals surface area contributed by atoms with Crippen LogP contribution in [0.15, 0.2) is 46.2 Å². The second kappa shape index (κ2) is 7.21. The average Bonchev–Trinajstić information content (AvgIpc) is 2.96. The van der Waals surface area contributed by atoms with Crippen molar-refractivity contribution in [1.29, 1.82) is 0 Å². The highest BCUT2D eigenvalue weighted by atomic mass is 35.5. The van der Waals surface area contributed by atoms with Gasteiger partial charge >= 0.3 is 0 Å². The zero-order chi connectivity index (χ0) is 17.1. The third kappa shape index (κ3) is 3.87. The number of nitrogens with zero attached hydrogens (tertiary/aromatic N) is 2. The Morgan fingerprint density at radius 1 is 1.17 bits per heavy atom. The Balaban J connectivity index is 1.81. The van der Waals surface area contributed by atoms with E-state index < -0.39 is 0 Å². The minimum atomic E-state index is 0.223. The van der Waals surface area contributed by atoms with Crippen LogP contribution in [0.1, 0.15) is 0 Å². The Bertz CT molecular complexity index is 830. The normalized spacial score (nSPS) is 10.6. The van der Waals surface area contributed by atoms with E-state index in [-0.39, 0.29) is 5.95 Å². The second-order valence-electron chi connectivity index (χ2n) is 4.72. The summed E-state index contributed by atoms with van der Waals surface area (Å²) in [5.74, 6) is 1.36. The van der Waals surface area contributed by atoms with Crippen LogP contribution in [0.5, 0.6) is 5.75 Å². The molecule has 9 heteroatoms. The van der Waals surface area contributed by atoms with Gasteiger partial charge in [-0.3, -0.25) is 0 Å². The number of hydrogen-bond donors (Lipinski definition) is 3. The molecular weight excluding hydrogens is 369 g/mol. The highest BCUT2D eigenvalue weighted by Crippen LogP contribution is 2.41. The fourth-order valence-corrected chi connectivity index (χ4v) is 3.49. The molecule has 24 heavy (non-hydrogen) atoms. The minimum Gasteiger partial charge on any atom is -0.497 e. The van der Waals surface area contributed by atoms with E-state index in [0.29, 0.717) is 21.7 Å². The first kappa shape index (κ1) is 16.8. The maximum absolute atomic E-state index is 6.37. The lowest BCUT2D eigenvalue weighted by Crippen LogP contribution is -1.94. The SMILES string of the molecule is COc1ccc(Sc2c(Cl)cc(Nc3n[nH]c(N)n3)cc2Cl)cc1. The molecule has 0 bridgehead atoms. The van der Waals surface area contributed by atoms with Crippen LogP contribution >= 0.6 is 35.0 Å². The molecule has 1 aromatic heterocycles. The number of nitrogen functional groups attached to an aromatic ring is 1. The molecule has 0 fully saturated rings. The van der Waals surface area contributed by atoms with E-state index in [4.69, 9.17) is 33.7 Å². The molecule has 0 aliphatic heterocycles. The smallest absolute Gasteiger partial charge is 0.248 e. The molecule has 0 radical (unpaired) electrons. The van der Waals surface area contributed by atoms with Gasteiger partial charge in [0.15, 0.2) is 0 Å². The van der Waals surface area contributed by atoms with Gasteiger partial charge in [0, 0.05) is 15.5 Å². The summed E-state index contributed by atoms with van der Waals surface area (Å²) in [6, 6.07) is 11.2. The van der Waals surface area contributed by atoms with E-state index in [9.17, 15) is 0 Å². The van der Waals surface area contributed by atoms with Gasteiger partial charge in [-0.15, -0.1) is 5.10 Å². The summed E-state index contributed by atoms with van der Waals surface area (Å²) in [6.45, 7) is 0. The summed E-state index contributed by atoms with van der Waals surface area (Å²) in [5, 5.41) is 10.5. The van der Waals surface area contributed by atoms with Crippen molar-refractivity contribution in [2.24, 2.45) is 0 Å². The number of halogens is 2. The van der Waals surface area contributed by atoms with E-state index in [1.165, 1.54) is 11.8 Å². The monoisotopic (exact) mass is 381 g/mol. The quantitative estimate of drug-likeness (QED) is 0.598. The van der Waals surface area contributed by atoms with Crippen LogP contribution in [0.25, 0.3) is 0 Å². The number of nitrogens with two attached hydrogens (primary N) is 1. The maximum atomic E-state index is 6.37. The molecular formula is C15H13Cl2N5OS. The third-order valence-corrected chi connectivity index (χ3v) is 5.01.